The third kappa shape index (κ3) is 5.77. The Morgan fingerprint density at radius 2 is 1.75 bits per heavy atom. The molecule has 6 heteroatoms. The Kier molecular flexibility index (Phi) is 7.94. The quantitative estimate of drug-likeness (QED) is 0.384. The first-order valence-corrected chi connectivity index (χ1v) is 13.1. The summed E-state index contributed by atoms with van der Waals surface area (Å²) in [7, 11) is 0. The molecule has 2 unspecified atom stereocenters. The second kappa shape index (κ2) is 11.3. The lowest BCUT2D eigenvalue weighted by molar-refractivity contribution is -0.113. The Morgan fingerprint density at radius 1 is 0.972 bits per heavy atom. The maximum atomic E-state index is 10.2. The molecular formula is C30H33ClO5. The minimum atomic E-state index is -0.481. The van der Waals surface area contributed by atoms with Crippen molar-refractivity contribution in [2.45, 2.75) is 63.1 Å². The summed E-state index contributed by atoms with van der Waals surface area (Å²) in [4.78, 5) is 0. The largest absolute Gasteiger partial charge is 0.493 e. The molecule has 0 aromatic heterocycles. The van der Waals surface area contributed by atoms with Gasteiger partial charge in [0.2, 0.25) is 0 Å². The fourth-order valence-corrected chi connectivity index (χ4v) is 5.44. The summed E-state index contributed by atoms with van der Waals surface area (Å²) in [6.45, 7) is 2.58. The number of benzene rings is 3. The molecule has 3 aromatic rings. The number of ether oxygens (including phenoxy) is 3. The maximum absolute atomic E-state index is 10.2. The van der Waals surface area contributed by atoms with Crippen molar-refractivity contribution in [2.75, 3.05) is 13.2 Å². The summed E-state index contributed by atoms with van der Waals surface area (Å²) in [6, 6.07) is 22.4. The van der Waals surface area contributed by atoms with Crippen LogP contribution in [0.25, 0.3) is 0 Å². The highest BCUT2D eigenvalue weighted by Crippen LogP contribution is 2.40. The average molecular weight is 509 g/mol. The molecule has 5 atom stereocenters. The van der Waals surface area contributed by atoms with Gasteiger partial charge in [-0.1, -0.05) is 60.1 Å². The molecule has 5 rings (SSSR count). The van der Waals surface area contributed by atoms with Crippen LogP contribution in [0.1, 0.15) is 72.3 Å². The van der Waals surface area contributed by atoms with Crippen molar-refractivity contribution >= 4 is 11.6 Å². The average Bonchev–Trinajstić information content (AvgIpc) is 3.21. The number of halogens is 1. The first kappa shape index (κ1) is 25.2. The van der Waals surface area contributed by atoms with Gasteiger partial charge in [0, 0.05) is 24.3 Å². The molecule has 36 heavy (non-hydrogen) atoms. The van der Waals surface area contributed by atoms with E-state index in [2.05, 4.69) is 43.3 Å². The van der Waals surface area contributed by atoms with Gasteiger partial charge in [-0.2, -0.15) is 0 Å². The third-order valence-corrected chi connectivity index (χ3v) is 7.51. The van der Waals surface area contributed by atoms with Gasteiger partial charge in [-0.05, 0) is 59.4 Å². The molecule has 2 aliphatic heterocycles. The van der Waals surface area contributed by atoms with Gasteiger partial charge >= 0.3 is 0 Å². The summed E-state index contributed by atoms with van der Waals surface area (Å²) in [5.41, 5.74) is 5.63. The topological polar surface area (TPSA) is 68.2 Å². The zero-order chi connectivity index (χ0) is 25.1. The number of hydrogen-bond donors (Lipinski definition) is 2. The Labute approximate surface area is 217 Å². The van der Waals surface area contributed by atoms with Crippen LogP contribution in [0, 0.1) is 0 Å². The van der Waals surface area contributed by atoms with Crippen molar-refractivity contribution < 1.29 is 24.4 Å². The number of aliphatic hydroxyl groups excluding tert-OH is 2. The van der Waals surface area contributed by atoms with E-state index in [4.69, 9.17) is 25.8 Å². The van der Waals surface area contributed by atoms with Crippen LogP contribution in [-0.4, -0.2) is 35.6 Å². The predicted molar refractivity (Wildman–Crippen MR) is 139 cm³/mol. The monoisotopic (exact) mass is 508 g/mol. The van der Waals surface area contributed by atoms with Crippen LogP contribution in [0.15, 0.2) is 66.7 Å². The second-order valence-electron chi connectivity index (χ2n) is 9.76. The van der Waals surface area contributed by atoms with Crippen LogP contribution in [0.2, 0.25) is 5.02 Å². The minimum absolute atomic E-state index is 0.0757. The summed E-state index contributed by atoms with van der Waals surface area (Å²) in [5.74, 6) is 0.831. The SMILES string of the molecule is CC1OC(CCOc2ccc(Cc3cc([C@H]4C[C@@H](O)C[C@@H](CO)O4)ccc3Cl)cc2)c2ccccc21. The molecule has 2 N–H and O–H groups in total. The molecule has 0 amide bonds. The van der Waals surface area contributed by atoms with E-state index >= 15 is 0 Å². The van der Waals surface area contributed by atoms with Gasteiger partial charge in [0.1, 0.15) is 5.75 Å². The number of hydrogen-bond acceptors (Lipinski definition) is 5. The second-order valence-corrected chi connectivity index (χ2v) is 10.2. The molecule has 5 nitrogen and oxygen atoms in total. The lowest BCUT2D eigenvalue weighted by Gasteiger charge is -2.32. The number of fused-ring (bicyclic) bond motifs is 1. The molecule has 0 bridgehead atoms. The van der Waals surface area contributed by atoms with Gasteiger partial charge in [0.15, 0.2) is 0 Å². The van der Waals surface area contributed by atoms with Gasteiger partial charge < -0.3 is 24.4 Å². The number of aliphatic hydroxyl groups is 2. The Bertz CT molecular complexity index is 1160. The van der Waals surface area contributed by atoms with Crippen LogP contribution in [0.4, 0.5) is 0 Å². The van der Waals surface area contributed by atoms with Crippen LogP contribution < -0.4 is 4.74 Å². The van der Waals surface area contributed by atoms with Crippen molar-refractivity contribution in [2.24, 2.45) is 0 Å². The summed E-state index contributed by atoms with van der Waals surface area (Å²) in [6.07, 6.45) is 1.58. The molecule has 190 valence electrons. The van der Waals surface area contributed by atoms with Crippen molar-refractivity contribution in [1.29, 1.82) is 0 Å². The smallest absolute Gasteiger partial charge is 0.119 e. The van der Waals surface area contributed by atoms with Crippen LogP contribution in [0.5, 0.6) is 5.75 Å². The van der Waals surface area contributed by atoms with Crippen molar-refractivity contribution in [1.82, 2.24) is 0 Å². The Morgan fingerprint density at radius 3 is 2.53 bits per heavy atom. The van der Waals surface area contributed by atoms with E-state index in [1.165, 1.54) is 11.1 Å². The highest BCUT2D eigenvalue weighted by Gasteiger charge is 2.30. The van der Waals surface area contributed by atoms with Crippen LogP contribution >= 0.6 is 11.6 Å². The highest BCUT2D eigenvalue weighted by atomic mass is 35.5. The zero-order valence-electron chi connectivity index (χ0n) is 20.5. The van der Waals surface area contributed by atoms with Gasteiger partial charge in [-0.3, -0.25) is 0 Å². The molecule has 3 aromatic carbocycles. The van der Waals surface area contributed by atoms with E-state index in [0.29, 0.717) is 30.9 Å². The van der Waals surface area contributed by atoms with Crippen LogP contribution in [-0.2, 0) is 15.9 Å². The molecule has 0 radical (unpaired) electrons. The summed E-state index contributed by atoms with van der Waals surface area (Å²) >= 11 is 6.51. The standard InChI is InChI=1S/C30H33ClO5/c1-19-26-4-2-3-5-27(26)29(35-19)12-13-34-24-9-6-20(7-10-24)14-22-15-21(8-11-28(22)31)30-17-23(33)16-25(18-32)36-30/h2-11,15,19,23,25,29-30,32-33H,12-14,16-18H2,1H3/t19?,23-,25-,29?,30+/m0/s1. The van der Waals surface area contributed by atoms with Crippen LogP contribution in [0.3, 0.4) is 0 Å². The molecule has 1 saturated heterocycles. The maximum Gasteiger partial charge on any atom is 0.119 e. The fourth-order valence-electron chi connectivity index (χ4n) is 5.25. The molecule has 2 heterocycles. The molecule has 0 saturated carbocycles. The van der Waals surface area contributed by atoms with E-state index in [1.54, 1.807) is 0 Å². The molecule has 0 spiro atoms. The van der Waals surface area contributed by atoms with Gasteiger partial charge in [0.25, 0.3) is 0 Å². The van der Waals surface area contributed by atoms with Gasteiger partial charge in [-0.25, -0.2) is 0 Å². The lowest BCUT2D eigenvalue weighted by atomic mass is 9.94. The van der Waals surface area contributed by atoms with Gasteiger partial charge in [-0.15, -0.1) is 0 Å². The van der Waals surface area contributed by atoms with E-state index in [1.807, 2.05) is 30.3 Å². The lowest BCUT2D eigenvalue weighted by Crippen LogP contribution is -2.33. The molecule has 1 fully saturated rings. The Balaban J connectivity index is 1.18. The first-order valence-electron chi connectivity index (χ1n) is 12.7. The summed E-state index contributed by atoms with van der Waals surface area (Å²) in [5, 5.41) is 20.3. The minimum Gasteiger partial charge on any atom is -0.493 e. The van der Waals surface area contributed by atoms with Crippen molar-refractivity contribution in [3.05, 3.63) is 99.6 Å². The highest BCUT2D eigenvalue weighted by molar-refractivity contribution is 6.31. The van der Waals surface area contributed by atoms with Crippen molar-refractivity contribution in [3.63, 3.8) is 0 Å². The first-order chi connectivity index (χ1) is 17.5. The fraction of sp³-hybridized carbons (Fsp3) is 0.400. The zero-order valence-corrected chi connectivity index (χ0v) is 21.2. The van der Waals surface area contributed by atoms with Gasteiger partial charge in [0.05, 0.1) is 43.7 Å². The molecular weight excluding hydrogens is 476 g/mol. The summed E-state index contributed by atoms with van der Waals surface area (Å²) < 4.78 is 18.1. The van der Waals surface area contributed by atoms with E-state index < -0.39 is 6.10 Å². The van der Waals surface area contributed by atoms with E-state index in [-0.39, 0.29) is 31.0 Å². The molecule has 0 aliphatic carbocycles. The Hall–Kier alpha value is -2.41. The van der Waals surface area contributed by atoms with E-state index in [0.717, 1.165) is 28.9 Å². The van der Waals surface area contributed by atoms with Crippen molar-refractivity contribution in [3.8, 4) is 5.75 Å². The normalized spacial score (nSPS) is 25.5. The predicted octanol–water partition coefficient (Wildman–Crippen LogP) is 6.11. The van der Waals surface area contributed by atoms with E-state index in [9.17, 15) is 10.2 Å². The number of rotatable bonds is 8. The third-order valence-electron chi connectivity index (χ3n) is 7.14. The molecule has 2 aliphatic rings.